The van der Waals surface area contributed by atoms with Gasteiger partial charge in [0.15, 0.2) is 6.10 Å². The number of hydrogen-bond acceptors (Lipinski definition) is 3. The zero-order valence-corrected chi connectivity index (χ0v) is 16.2. The van der Waals surface area contributed by atoms with Crippen LogP contribution in [0.4, 0.5) is 8.78 Å². The molecule has 1 aliphatic rings. The molecule has 4 nitrogen and oxygen atoms in total. The predicted octanol–water partition coefficient (Wildman–Crippen LogP) is 4.80. The third kappa shape index (κ3) is 4.54. The topological polar surface area (TPSA) is 41.9 Å². The van der Waals surface area contributed by atoms with E-state index in [9.17, 15) is 13.6 Å². The van der Waals surface area contributed by atoms with E-state index in [1.54, 1.807) is 18.2 Å². The molecule has 0 unspecified atom stereocenters. The second kappa shape index (κ2) is 8.86. The fraction of sp³-hybridized carbons (Fsp3) is 0.167. The molecule has 0 saturated carbocycles. The van der Waals surface area contributed by atoms with Crippen molar-refractivity contribution < 1.29 is 18.4 Å². The normalized spacial score (nSPS) is 15.4. The Balaban J connectivity index is 1.52. The lowest BCUT2D eigenvalue weighted by Gasteiger charge is -2.25. The van der Waals surface area contributed by atoms with Crippen molar-refractivity contribution in [3.05, 3.63) is 107 Å². The van der Waals surface area contributed by atoms with Gasteiger partial charge < -0.3 is 9.74 Å². The van der Waals surface area contributed by atoms with Crippen LogP contribution >= 0.6 is 0 Å². The van der Waals surface area contributed by atoms with E-state index in [-0.39, 0.29) is 30.6 Å². The second-order valence-corrected chi connectivity index (χ2v) is 7.13. The molecule has 0 fully saturated rings. The summed E-state index contributed by atoms with van der Waals surface area (Å²) in [6, 6.07) is 21.4. The molecule has 0 aliphatic carbocycles. The van der Waals surface area contributed by atoms with E-state index in [4.69, 9.17) is 4.84 Å². The number of oxime groups is 1. The number of amides is 1. The molecule has 0 N–H and O–H groups in total. The number of benzene rings is 3. The third-order valence-corrected chi connectivity index (χ3v) is 4.94. The first kappa shape index (κ1) is 19.8. The fourth-order valence-corrected chi connectivity index (χ4v) is 3.41. The summed E-state index contributed by atoms with van der Waals surface area (Å²) in [6.45, 7) is 0.429. The van der Waals surface area contributed by atoms with Crippen LogP contribution in [0.15, 0.2) is 84.0 Å². The number of nitrogens with zero attached hydrogens (tertiary/aromatic N) is 2. The van der Waals surface area contributed by atoms with Gasteiger partial charge in [0.2, 0.25) is 0 Å². The number of halogens is 2. The molecule has 0 spiro atoms. The molecule has 1 aliphatic heterocycles. The molecule has 6 heteroatoms. The lowest BCUT2D eigenvalue weighted by Crippen LogP contribution is -2.37. The summed E-state index contributed by atoms with van der Waals surface area (Å²) >= 11 is 0. The molecule has 30 heavy (non-hydrogen) atoms. The van der Waals surface area contributed by atoms with Gasteiger partial charge in [-0.3, -0.25) is 4.79 Å². The molecule has 1 atom stereocenters. The lowest BCUT2D eigenvalue weighted by molar-refractivity contribution is 0.0402. The van der Waals surface area contributed by atoms with Crippen molar-refractivity contribution in [2.75, 3.05) is 6.54 Å². The maximum atomic E-state index is 14.2. The summed E-state index contributed by atoms with van der Waals surface area (Å²) in [7, 11) is 0. The van der Waals surface area contributed by atoms with E-state index in [0.29, 0.717) is 6.42 Å². The largest absolute Gasteiger partial charge is 0.390 e. The standard InChI is InChI=1S/C24H20F2N2O2/c25-19-12-10-17(11-13-19)15-28(24(29)21-8-4-5-9-22(21)26)16-20-14-23(27-30-20)18-6-2-1-3-7-18/h1-13,20H,14-16H2/t20-/m0/s1. The minimum absolute atomic E-state index is 0.0122. The Morgan fingerprint density at radius 3 is 2.40 bits per heavy atom. The van der Waals surface area contributed by atoms with Crippen LogP contribution in [0, 0.1) is 11.6 Å². The molecular formula is C24H20F2N2O2. The molecule has 1 heterocycles. The Kier molecular flexibility index (Phi) is 5.84. The first-order valence-corrected chi connectivity index (χ1v) is 9.66. The quantitative estimate of drug-likeness (QED) is 0.590. The minimum atomic E-state index is -0.583. The highest BCUT2D eigenvalue weighted by Gasteiger charge is 2.28. The van der Waals surface area contributed by atoms with E-state index in [1.165, 1.54) is 35.2 Å². The van der Waals surface area contributed by atoms with Gasteiger partial charge in [-0.25, -0.2) is 8.78 Å². The van der Waals surface area contributed by atoms with Crippen molar-refractivity contribution in [2.45, 2.75) is 19.1 Å². The third-order valence-electron chi connectivity index (χ3n) is 4.94. The SMILES string of the molecule is O=C(c1ccccc1F)N(Cc1ccc(F)cc1)C[C@@H]1CC(c2ccccc2)=NO1. The smallest absolute Gasteiger partial charge is 0.257 e. The second-order valence-electron chi connectivity index (χ2n) is 7.13. The molecule has 0 aromatic heterocycles. The van der Waals surface area contributed by atoms with Gasteiger partial charge in [-0.2, -0.15) is 0 Å². The van der Waals surface area contributed by atoms with Crippen LogP contribution in [0.1, 0.15) is 27.9 Å². The van der Waals surface area contributed by atoms with E-state index >= 15 is 0 Å². The first-order valence-electron chi connectivity index (χ1n) is 9.66. The highest BCUT2D eigenvalue weighted by Crippen LogP contribution is 2.20. The van der Waals surface area contributed by atoms with Crippen LogP contribution in [0.2, 0.25) is 0 Å². The molecule has 0 bridgehead atoms. The number of carbonyl (C=O) groups is 1. The van der Waals surface area contributed by atoms with Crippen molar-refractivity contribution in [1.29, 1.82) is 0 Å². The van der Waals surface area contributed by atoms with Crippen LogP contribution in [0.25, 0.3) is 0 Å². The van der Waals surface area contributed by atoms with Gasteiger partial charge in [-0.15, -0.1) is 0 Å². The molecule has 0 radical (unpaired) electrons. The van der Waals surface area contributed by atoms with Crippen molar-refractivity contribution >= 4 is 11.6 Å². The fourth-order valence-electron chi connectivity index (χ4n) is 3.41. The zero-order valence-electron chi connectivity index (χ0n) is 16.2. The Morgan fingerprint density at radius 2 is 1.67 bits per heavy atom. The number of hydrogen-bond donors (Lipinski definition) is 0. The highest BCUT2D eigenvalue weighted by molar-refractivity contribution is 6.01. The summed E-state index contributed by atoms with van der Waals surface area (Å²) in [6.07, 6.45) is 0.186. The maximum Gasteiger partial charge on any atom is 0.257 e. The molecule has 3 aromatic rings. The monoisotopic (exact) mass is 406 g/mol. The molecule has 1 amide bonds. The summed E-state index contributed by atoms with van der Waals surface area (Å²) in [5.74, 6) is -1.39. The first-order chi connectivity index (χ1) is 14.6. The Labute approximate surface area is 173 Å². The van der Waals surface area contributed by atoms with E-state index in [2.05, 4.69) is 5.16 Å². The van der Waals surface area contributed by atoms with Crippen LogP contribution in [-0.2, 0) is 11.4 Å². The van der Waals surface area contributed by atoms with Gasteiger partial charge in [0, 0.05) is 13.0 Å². The van der Waals surface area contributed by atoms with Gasteiger partial charge in [-0.05, 0) is 35.4 Å². The van der Waals surface area contributed by atoms with Gasteiger partial charge >= 0.3 is 0 Å². The summed E-state index contributed by atoms with van der Waals surface area (Å²) in [4.78, 5) is 20.2. The van der Waals surface area contributed by atoms with Crippen LogP contribution in [0.5, 0.6) is 0 Å². The van der Waals surface area contributed by atoms with Gasteiger partial charge in [0.05, 0.1) is 17.8 Å². The molecule has 4 rings (SSSR count). The molecule has 0 saturated heterocycles. The average Bonchev–Trinajstić information content (AvgIpc) is 3.24. The zero-order chi connectivity index (χ0) is 20.9. The lowest BCUT2D eigenvalue weighted by atomic mass is 10.0. The van der Waals surface area contributed by atoms with Crippen LogP contribution in [0.3, 0.4) is 0 Å². The summed E-state index contributed by atoms with van der Waals surface area (Å²) in [5.41, 5.74) is 2.50. The van der Waals surface area contributed by atoms with Crippen molar-refractivity contribution in [3.8, 4) is 0 Å². The minimum Gasteiger partial charge on any atom is -0.390 e. The summed E-state index contributed by atoms with van der Waals surface area (Å²) < 4.78 is 27.5. The Morgan fingerprint density at radius 1 is 0.967 bits per heavy atom. The Hall–Kier alpha value is -3.54. The number of rotatable bonds is 6. The van der Waals surface area contributed by atoms with Crippen molar-refractivity contribution in [3.63, 3.8) is 0 Å². The molecular weight excluding hydrogens is 386 g/mol. The summed E-state index contributed by atoms with van der Waals surface area (Å²) in [5, 5.41) is 4.16. The number of carbonyl (C=O) groups excluding carboxylic acids is 1. The predicted molar refractivity (Wildman–Crippen MR) is 110 cm³/mol. The average molecular weight is 406 g/mol. The molecule has 152 valence electrons. The van der Waals surface area contributed by atoms with Gasteiger partial charge in [-0.1, -0.05) is 59.8 Å². The Bertz CT molecular complexity index is 1050. The molecule has 3 aromatic carbocycles. The van der Waals surface area contributed by atoms with Gasteiger partial charge in [0.1, 0.15) is 11.6 Å². The van der Waals surface area contributed by atoms with Crippen LogP contribution in [-0.4, -0.2) is 29.2 Å². The van der Waals surface area contributed by atoms with E-state index < -0.39 is 11.7 Å². The highest BCUT2D eigenvalue weighted by atomic mass is 19.1. The van der Waals surface area contributed by atoms with Crippen LogP contribution < -0.4 is 0 Å². The van der Waals surface area contributed by atoms with Gasteiger partial charge in [0.25, 0.3) is 5.91 Å². The maximum absolute atomic E-state index is 14.2. The van der Waals surface area contributed by atoms with Crippen molar-refractivity contribution in [2.24, 2.45) is 5.16 Å². The van der Waals surface area contributed by atoms with E-state index in [0.717, 1.165) is 16.8 Å². The van der Waals surface area contributed by atoms with E-state index in [1.807, 2.05) is 30.3 Å². The van der Waals surface area contributed by atoms with Crippen molar-refractivity contribution in [1.82, 2.24) is 4.90 Å².